The maximum absolute atomic E-state index is 12.2. The van der Waals surface area contributed by atoms with Crippen LogP contribution < -0.4 is 10.1 Å². The van der Waals surface area contributed by atoms with E-state index in [1.165, 1.54) is 11.3 Å². The third kappa shape index (κ3) is 4.83. The van der Waals surface area contributed by atoms with E-state index in [9.17, 15) is 4.79 Å². The van der Waals surface area contributed by atoms with Crippen LogP contribution in [0.4, 0.5) is 5.69 Å². The van der Waals surface area contributed by atoms with E-state index < -0.39 is 6.10 Å². The van der Waals surface area contributed by atoms with Gasteiger partial charge >= 0.3 is 0 Å². The van der Waals surface area contributed by atoms with Gasteiger partial charge in [0.2, 0.25) is 0 Å². The average molecular weight is 401 g/mol. The Morgan fingerprint density at radius 2 is 2.14 bits per heavy atom. The summed E-state index contributed by atoms with van der Waals surface area (Å²) in [4.78, 5) is 22.0. The second-order valence-electron chi connectivity index (χ2n) is 6.03. The summed E-state index contributed by atoms with van der Waals surface area (Å²) in [5, 5.41) is 3.69. The van der Waals surface area contributed by atoms with Crippen molar-refractivity contribution in [1.82, 2.24) is 9.97 Å². The molecule has 8 heteroatoms. The molecule has 7 nitrogen and oxygen atoms in total. The third-order valence-corrected chi connectivity index (χ3v) is 4.85. The van der Waals surface area contributed by atoms with Gasteiger partial charge in [0.15, 0.2) is 0 Å². The Morgan fingerprint density at radius 3 is 2.86 bits per heavy atom. The molecule has 1 amide bonds. The lowest BCUT2D eigenvalue weighted by molar-refractivity contribution is -0.126. The van der Waals surface area contributed by atoms with E-state index in [4.69, 9.17) is 19.2 Å². The summed E-state index contributed by atoms with van der Waals surface area (Å²) in [6.07, 6.45) is 1.26. The second-order valence-corrected chi connectivity index (χ2v) is 6.92. The first-order valence-electron chi connectivity index (χ1n) is 9.00. The van der Waals surface area contributed by atoms with Gasteiger partial charge in [0, 0.05) is 37.1 Å². The van der Waals surface area contributed by atoms with Crippen LogP contribution in [-0.4, -0.2) is 48.9 Å². The molecule has 148 valence electrons. The largest absolute Gasteiger partial charge is 0.490 e. The van der Waals surface area contributed by atoms with Crippen LogP contribution in [-0.2, 0) is 14.3 Å². The quantitative estimate of drug-likeness (QED) is 0.550. The minimum absolute atomic E-state index is 0.197. The molecule has 0 saturated heterocycles. The van der Waals surface area contributed by atoms with Crippen LogP contribution >= 0.6 is 11.3 Å². The summed E-state index contributed by atoms with van der Waals surface area (Å²) in [5.41, 5.74) is 4.00. The maximum atomic E-state index is 12.2. The van der Waals surface area contributed by atoms with E-state index in [0.717, 1.165) is 21.5 Å². The van der Waals surface area contributed by atoms with E-state index in [1.54, 1.807) is 25.7 Å². The zero-order valence-corrected chi connectivity index (χ0v) is 16.9. The molecule has 0 bridgehead atoms. The predicted molar refractivity (Wildman–Crippen MR) is 110 cm³/mol. The molecule has 1 aromatic carbocycles. The smallest absolute Gasteiger partial charge is 0.253 e. The van der Waals surface area contributed by atoms with E-state index >= 15 is 0 Å². The van der Waals surface area contributed by atoms with Gasteiger partial charge in [-0.2, -0.15) is 0 Å². The summed E-state index contributed by atoms with van der Waals surface area (Å²) in [7, 11) is 1.63. The molecule has 28 heavy (non-hydrogen) atoms. The summed E-state index contributed by atoms with van der Waals surface area (Å²) in [5.74, 6) is 0.483. The van der Waals surface area contributed by atoms with Crippen LogP contribution in [0, 0.1) is 0 Å². The number of nitrogens with one attached hydrogen (secondary N) is 1. The Morgan fingerprint density at radius 1 is 1.29 bits per heavy atom. The monoisotopic (exact) mass is 401 g/mol. The molecule has 0 radical (unpaired) electrons. The lowest BCUT2D eigenvalue weighted by Crippen LogP contribution is -2.27. The van der Waals surface area contributed by atoms with Gasteiger partial charge < -0.3 is 19.5 Å². The van der Waals surface area contributed by atoms with Gasteiger partial charge in [-0.25, -0.2) is 4.98 Å². The van der Waals surface area contributed by atoms with E-state index in [0.29, 0.717) is 31.3 Å². The fraction of sp³-hybridized carbons (Fsp3) is 0.350. The number of benzene rings is 1. The fourth-order valence-electron chi connectivity index (χ4n) is 2.67. The second kappa shape index (κ2) is 9.59. The molecule has 0 aliphatic rings. The summed E-state index contributed by atoms with van der Waals surface area (Å²) in [6.45, 7) is 4.95. The Bertz CT molecular complexity index is 931. The van der Waals surface area contributed by atoms with Crippen molar-refractivity contribution in [1.29, 1.82) is 0 Å². The number of aromatic nitrogens is 2. The fourth-order valence-corrected chi connectivity index (χ4v) is 3.25. The molecule has 0 fully saturated rings. The first-order chi connectivity index (χ1) is 13.6. The van der Waals surface area contributed by atoms with Crippen LogP contribution in [0.1, 0.15) is 13.8 Å². The van der Waals surface area contributed by atoms with Gasteiger partial charge in [0.05, 0.1) is 28.2 Å². The van der Waals surface area contributed by atoms with Gasteiger partial charge in [-0.3, -0.25) is 9.78 Å². The highest BCUT2D eigenvalue weighted by molar-refractivity contribution is 7.13. The molecule has 1 N–H and O–H groups in total. The van der Waals surface area contributed by atoms with Crippen molar-refractivity contribution in [3.8, 4) is 16.3 Å². The number of methoxy groups -OCH3 is 1. The first kappa shape index (κ1) is 20.2. The normalized spacial score (nSPS) is 12.1. The summed E-state index contributed by atoms with van der Waals surface area (Å²) < 4.78 is 16.4. The highest BCUT2D eigenvalue weighted by atomic mass is 32.1. The summed E-state index contributed by atoms with van der Waals surface area (Å²) >= 11 is 1.52. The number of carbonyl (C=O) groups is 1. The molecular weight excluding hydrogens is 378 g/mol. The number of rotatable bonds is 9. The Hall–Kier alpha value is -2.55. The lowest BCUT2D eigenvalue weighted by Gasteiger charge is -2.14. The Labute approximate surface area is 167 Å². The van der Waals surface area contributed by atoms with Gasteiger partial charge in [0.1, 0.15) is 18.5 Å². The topological polar surface area (TPSA) is 82.6 Å². The number of thiazole rings is 1. The molecule has 1 atom stereocenters. The average Bonchev–Trinajstić information content (AvgIpc) is 3.23. The Balaban J connectivity index is 1.94. The van der Waals surface area contributed by atoms with Crippen molar-refractivity contribution in [2.24, 2.45) is 0 Å². The van der Waals surface area contributed by atoms with Crippen LogP contribution in [0.2, 0.25) is 0 Å². The third-order valence-electron chi connectivity index (χ3n) is 4.05. The minimum Gasteiger partial charge on any atom is -0.490 e. The number of hydrogen-bond donors (Lipinski definition) is 1. The van der Waals surface area contributed by atoms with Crippen LogP contribution in [0.15, 0.2) is 36.0 Å². The van der Waals surface area contributed by atoms with E-state index in [-0.39, 0.29) is 5.91 Å². The molecular formula is C20H23N3O4S. The van der Waals surface area contributed by atoms with E-state index in [2.05, 4.69) is 10.3 Å². The summed E-state index contributed by atoms with van der Waals surface area (Å²) in [6, 6.07) is 7.43. The molecule has 0 spiro atoms. The lowest BCUT2D eigenvalue weighted by atomic mass is 10.1. The molecule has 0 saturated carbocycles. The number of fused-ring (bicyclic) bond motifs is 1. The van der Waals surface area contributed by atoms with Gasteiger partial charge in [-0.1, -0.05) is 0 Å². The number of anilines is 1. The molecule has 2 aromatic heterocycles. The number of ether oxygens (including phenoxy) is 3. The molecule has 2 heterocycles. The van der Waals surface area contributed by atoms with Crippen molar-refractivity contribution in [3.05, 3.63) is 36.0 Å². The number of nitrogens with zero attached hydrogens (tertiary/aromatic N) is 2. The van der Waals surface area contributed by atoms with Gasteiger partial charge in [-0.05, 0) is 32.0 Å². The number of carbonyl (C=O) groups excluding carboxylic acids is 1. The number of hydrogen-bond acceptors (Lipinski definition) is 7. The highest BCUT2D eigenvalue weighted by Gasteiger charge is 2.15. The van der Waals surface area contributed by atoms with E-state index in [1.807, 2.05) is 31.2 Å². The molecule has 1 unspecified atom stereocenters. The predicted octanol–water partition coefficient (Wildman–Crippen LogP) is 3.75. The van der Waals surface area contributed by atoms with Crippen molar-refractivity contribution < 1.29 is 19.0 Å². The highest BCUT2D eigenvalue weighted by Crippen LogP contribution is 2.33. The van der Waals surface area contributed by atoms with Crippen molar-refractivity contribution >= 4 is 33.8 Å². The first-order valence-corrected chi connectivity index (χ1v) is 9.88. The van der Waals surface area contributed by atoms with Crippen LogP contribution in [0.25, 0.3) is 21.5 Å². The standard InChI is InChI=1S/C20H23N3O4S/c1-4-26-13(2)20(24)22-14-5-6-16-15(9-14)18(27-8-7-25-3)10-17(23-16)19-11-21-12-28-19/h5-6,9-13H,4,7-8H2,1-3H3,(H,22,24). The van der Waals surface area contributed by atoms with Crippen molar-refractivity contribution in [2.45, 2.75) is 20.0 Å². The van der Waals surface area contributed by atoms with Gasteiger partial charge in [-0.15, -0.1) is 11.3 Å². The molecule has 3 rings (SSSR count). The minimum atomic E-state index is -0.523. The van der Waals surface area contributed by atoms with Crippen LogP contribution in [0.3, 0.4) is 0 Å². The zero-order chi connectivity index (χ0) is 19.9. The SMILES string of the molecule is CCOC(C)C(=O)Nc1ccc2nc(-c3cncs3)cc(OCCOC)c2c1. The van der Waals surface area contributed by atoms with Crippen molar-refractivity contribution in [2.75, 3.05) is 32.2 Å². The molecule has 0 aliphatic heterocycles. The van der Waals surface area contributed by atoms with Crippen LogP contribution in [0.5, 0.6) is 5.75 Å². The number of pyridine rings is 1. The maximum Gasteiger partial charge on any atom is 0.253 e. The molecule has 0 aliphatic carbocycles. The van der Waals surface area contributed by atoms with Gasteiger partial charge in [0.25, 0.3) is 5.91 Å². The molecule has 3 aromatic rings. The zero-order valence-electron chi connectivity index (χ0n) is 16.1. The Kier molecular flexibility index (Phi) is 6.91. The van der Waals surface area contributed by atoms with Crippen molar-refractivity contribution in [3.63, 3.8) is 0 Å². The number of amides is 1.